The van der Waals surface area contributed by atoms with Gasteiger partial charge in [-0.05, 0) is 69.1 Å². The van der Waals surface area contributed by atoms with Gasteiger partial charge in [-0.25, -0.2) is 0 Å². The molecule has 1 aliphatic heterocycles. The maximum absolute atomic E-state index is 13.2. The smallest absolute Gasteiger partial charge is 0.230 e. The lowest BCUT2D eigenvalue weighted by Gasteiger charge is -2.29. The highest BCUT2D eigenvalue weighted by Crippen LogP contribution is 2.26. The largest absolute Gasteiger partial charge is 0.317 e. The van der Waals surface area contributed by atoms with E-state index >= 15 is 0 Å². The molecule has 1 aromatic carbocycles. The molecule has 0 radical (unpaired) electrons. The average Bonchev–Trinajstić information content (AvgIpc) is 3.05. The van der Waals surface area contributed by atoms with Gasteiger partial charge in [-0.1, -0.05) is 19.1 Å². The van der Waals surface area contributed by atoms with E-state index in [-0.39, 0.29) is 24.2 Å². The van der Waals surface area contributed by atoms with Crippen LogP contribution in [0.4, 0.5) is 5.69 Å². The molecule has 2 heterocycles. The summed E-state index contributed by atoms with van der Waals surface area (Å²) >= 11 is 1.78. The third kappa shape index (κ3) is 5.06. The van der Waals surface area contributed by atoms with Crippen molar-refractivity contribution in [1.82, 2.24) is 5.32 Å². The summed E-state index contributed by atoms with van der Waals surface area (Å²) in [5, 5.41) is 3.35. The van der Waals surface area contributed by atoms with Crippen LogP contribution in [0.5, 0.6) is 0 Å². The first-order valence-electron chi connectivity index (χ1n) is 8.83. The first kappa shape index (κ1) is 20.0. The van der Waals surface area contributed by atoms with Gasteiger partial charge < -0.3 is 10.2 Å². The fraction of sp³-hybridized carbons (Fsp3) is 0.450. The van der Waals surface area contributed by atoms with E-state index in [1.165, 1.54) is 15.3 Å². The summed E-state index contributed by atoms with van der Waals surface area (Å²) in [6.45, 7) is 6.82. The van der Waals surface area contributed by atoms with Crippen molar-refractivity contribution in [2.45, 2.75) is 39.7 Å². The first-order chi connectivity index (χ1) is 11.7. The lowest BCUT2D eigenvalue weighted by atomic mass is 9.96. The van der Waals surface area contributed by atoms with Crippen LogP contribution in [-0.4, -0.2) is 19.0 Å². The van der Waals surface area contributed by atoms with Gasteiger partial charge in [-0.2, -0.15) is 0 Å². The van der Waals surface area contributed by atoms with Crippen LogP contribution >= 0.6 is 23.7 Å². The van der Waals surface area contributed by atoms with Crippen molar-refractivity contribution in [2.24, 2.45) is 5.92 Å². The Bertz CT molecular complexity index is 677. The number of halogens is 1. The summed E-state index contributed by atoms with van der Waals surface area (Å²) in [6, 6.07) is 12.7. The summed E-state index contributed by atoms with van der Waals surface area (Å²) < 4.78 is 0. The molecule has 0 spiro atoms. The Labute approximate surface area is 160 Å². The molecular formula is C20H27ClN2OS. The summed E-state index contributed by atoms with van der Waals surface area (Å²) in [5.41, 5.74) is 2.32. The third-order valence-corrected chi connectivity index (χ3v) is 5.71. The Morgan fingerprint density at radius 3 is 2.40 bits per heavy atom. The first-order valence-corrected chi connectivity index (χ1v) is 9.65. The van der Waals surface area contributed by atoms with Gasteiger partial charge in [0.2, 0.25) is 5.91 Å². The van der Waals surface area contributed by atoms with Gasteiger partial charge >= 0.3 is 0 Å². The summed E-state index contributed by atoms with van der Waals surface area (Å²) in [6.07, 6.45) is 2.89. The highest BCUT2D eigenvalue weighted by atomic mass is 35.5. The van der Waals surface area contributed by atoms with Crippen LogP contribution in [0.15, 0.2) is 36.4 Å². The van der Waals surface area contributed by atoms with Crippen molar-refractivity contribution in [3.05, 3.63) is 51.7 Å². The number of thiophene rings is 1. The number of carbonyl (C=O) groups is 1. The van der Waals surface area contributed by atoms with Gasteiger partial charge in [-0.3, -0.25) is 4.79 Å². The van der Waals surface area contributed by atoms with Crippen molar-refractivity contribution in [3.63, 3.8) is 0 Å². The lowest BCUT2D eigenvalue weighted by Crippen LogP contribution is -2.40. The predicted octanol–water partition coefficient (Wildman–Crippen LogP) is 4.57. The van der Waals surface area contributed by atoms with Crippen LogP contribution in [0.3, 0.4) is 0 Å². The molecule has 0 bridgehead atoms. The normalized spacial score (nSPS) is 14.8. The molecule has 1 amide bonds. The number of hydrogen-bond donors (Lipinski definition) is 1. The fourth-order valence-corrected chi connectivity index (χ4v) is 4.10. The van der Waals surface area contributed by atoms with E-state index in [4.69, 9.17) is 0 Å². The number of carbonyl (C=O) groups excluding carboxylic acids is 1. The van der Waals surface area contributed by atoms with Gasteiger partial charge in [-0.15, -0.1) is 23.7 Å². The maximum atomic E-state index is 13.2. The molecule has 1 aliphatic rings. The zero-order valence-electron chi connectivity index (χ0n) is 15.0. The summed E-state index contributed by atoms with van der Waals surface area (Å²) in [4.78, 5) is 17.7. The number of hydrogen-bond acceptors (Lipinski definition) is 3. The van der Waals surface area contributed by atoms with Gasteiger partial charge in [0.15, 0.2) is 0 Å². The topological polar surface area (TPSA) is 32.3 Å². The highest BCUT2D eigenvalue weighted by Gasteiger charge is 2.27. The number of aryl methyl sites for hydroxylation is 2. The number of rotatable bonds is 5. The molecule has 0 unspecified atom stereocenters. The van der Waals surface area contributed by atoms with Crippen molar-refractivity contribution < 1.29 is 4.79 Å². The molecule has 5 heteroatoms. The van der Waals surface area contributed by atoms with Crippen LogP contribution in [0.25, 0.3) is 0 Å². The average molecular weight is 379 g/mol. The van der Waals surface area contributed by atoms with Crippen molar-refractivity contribution >= 4 is 35.3 Å². The number of benzene rings is 1. The van der Waals surface area contributed by atoms with E-state index in [0.717, 1.165) is 38.0 Å². The van der Waals surface area contributed by atoms with Gasteiger partial charge in [0.25, 0.3) is 0 Å². The molecule has 3 rings (SSSR count). The third-order valence-electron chi connectivity index (χ3n) is 4.72. The molecule has 1 fully saturated rings. The number of amides is 1. The van der Waals surface area contributed by atoms with Gasteiger partial charge in [0, 0.05) is 21.4 Å². The molecule has 1 aromatic heterocycles. The minimum atomic E-state index is 0. The van der Waals surface area contributed by atoms with Crippen LogP contribution in [0.2, 0.25) is 0 Å². The van der Waals surface area contributed by atoms with Crippen molar-refractivity contribution in [3.8, 4) is 0 Å². The Kier molecular flexibility index (Phi) is 7.48. The lowest BCUT2D eigenvalue weighted by molar-refractivity contribution is -0.123. The minimum Gasteiger partial charge on any atom is -0.317 e. The zero-order chi connectivity index (χ0) is 16.9. The summed E-state index contributed by atoms with van der Waals surface area (Å²) in [7, 11) is 0. The number of nitrogens with one attached hydrogen (secondary N) is 1. The van der Waals surface area contributed by atoms with Gasteiger partial charge in [0.1, 0.15) is 0 Å². The second-order valence-corrected chi connectivity index (χ2v) is 7.85. The second kappa shape index (κ2) is 9.37. The van der Waals surface area contributed by atoms with Crippen LogP contribution in [-0.2, 0) is 17.8 Å². The molecule has 0 aliphatic carbocycles. The summed E-state index contributed by atoms with van der Waals surface area (Å²) in [5.74, 6) is 0.407. The maximum Gasteiger partial charge on any atom is 0.230 e. The van der Waals surface area contributed by atoms with E-state index in [1.807, 2.05) is 4.90 Å². The molecular weight excluding hydrogens is 352 g/mol. The van der Waals surface area contributed by atoms with E-state index in [0.29, 0.717) is 6.54 Å². The molecule has 0 saturated carbocycles. The Hall–Kier alpha value is -1.36. The molecule has 0 atom stereocenters. The number of anilines is 1. The zero-order valence-corrected chi connectivity index (χ0v) is 16.6. The molecule has 3 nitrogen and oxygen atoms in total. The minimum absolute atomic E-state index is 0. The quantitative estimate of drug-likeness (QED) is 0.826. The molecule has 25 heavy (non-hydrogen) atoms. The Morgan fingerprint density at radius 1 is 1.16 bits per heavy atom. The molecule has 2 aromatic rings. The van der Waals surface area contributed by atoms with Gasteiger partial charge in [0.05, 0.1) is 6.54 Å². The van der Waals surface area contributed by atoms with E-state index in [9.17, 15) is 4.79 Å². The highest BCUT2D eigenvalue weighted by molar-refractivity contribution is 7.11. The SMILES string of the molecule is CCc1ccc(N(Cc2ccc(C)s2)C(=O)C2CCNCC2)cc1.Cl. The van der Waals surface area contributed by atoms with Crippen molar-refractivity contribution in [1.29, 1.82) is 0 Å². The van der Waals surface area contributed by atoms with E-state index in [2.05, 4.69) is 55.6 Å². The van der Waals surface area contributed by atoms with Crippen LogP contribution < -0.4 is 10.2 Å². The van der Waals surface area contributed by atoms with Crippen LogP contribution in [0, 0.1) is 12.8 Å². The number of piperidine rings is 1. The van der Waals surface area contributed by atoms with E-state index in [1.54, 1.807) is 11.3 Å². The molecule has 1 N–H and O–H groups in total. The Morgan fingerprint density at radius 2 is 1.84 bits per heavy atom. The van der Waals surface area contributed by atoms with Crippen LogP contribution in [0.1, 0.15) is 35.1 Å². The predicted molar refractivity (Wildman–Crippen MR) is 109 cm³/mol. The molecule has 1 saturated heterocycles. The van der Waals surface area contributed by atoms with E-state index < -0.39 is 0 Å². The monoisotopic (exact) mass is 378 g/mol. The number of nitrogens with zero attached hydrogens (tertiary/aromatic N) is 1. The fourth-order valence-electron chi connectivity index (χ4n) is 3.22. The van der Waals surface area contributed by atoms with Crippen molar-refractivity contribution in [2.75, 3.05) is 18.0 Å². The standard InChI is InChI=1S/C20H26N2OS.ClH/c1-3-16-5-7-18(8-6-16)22(14-19-9-4-15(2)24-19)20(23)17-10-12-21-13-11-17;/h4-9,17,21H,3,10-14H2,1-2H3;1H. The second-order valence-electron chi connectivity index (χ2n) is 6.48. The Balaban J connectivity index is 0.00000225. The molecule has 136 valence electrons.